The molecule has 1 aromatic heterocycles. The molecular weight excluding hydrogens is 234 g/mol. The third-order valence-corrected chi connectivity index (χ3v) is 4.09. The van der Waals surface area contributed by atoms with Crippen molar-refractivity contribution in [2.45, 2.75) is 6.04 Å². The Morgan fingerprint density at radius 1 is 1.50 bits per heavy atom. The molecule has 0 saturated carbocycles. The molecule has 8 heteroatoms. The normalized spacial score (nSPS) is 18.8. The van der Waals surface area contributed by atoms with Gasteiger partial charge in [0.1, 0.15) is 11.9 Å². The molecule has 0 aromatic carbocycles. The number of aromatic nitrogens is 1. The lowest BCUT2D eigenvalue weighted by atomic mass is 10.3. The predicted octanol–water partition coefficient (Wildman–Crippen LogP) is 0.199. The molecular formula is C8H9N3O4S. The van der Waals surface area contributed by atoms with Gasteiger partial charge in [-0.3, -0.25) is 15.1 Å². The fraction of sp³-hybridized carbons (Fsp3) is 0.375. The molecule has 1 fully saturated rings. The van der Waals surface area contributed by atoms with Crippen molar-refractivity contribution >= 4 is 21.2 Å². The van der Waals surface area contributed by atoms with E-state index in [1.54, 1.807) is 0 Å². The van der Waals surface area contributed by atoms with Gasteiger partial charge in [-0.05, 0) is 6.07 Å². The van der Waals surface area contributed by atoms with Gasteiger partial charge in [0, 0.05) is 6.20 Å². The summed E-state index contributed by atoms with van der Waals surface area (Å²) in [4.78, 5) is 13.7. The SMILES string of the molecule is O=[N+]([O-])c1cnccc1NC1CS(=O)(=O)C1. The Morgan fingerprint density at radius 3 is 2.75 bits per heavy atom. The van der Waals surface area contributed by atoms with Gasteiger partial charge in [-0.2, -0.15) is 0 Å². The number of nitrogens with one attached hydrogen (secondary N) is 1. The van der Waals surface area contributed by atoms with E-state index in [4.69, 9.17) is 0 Å². The molecule has 1 aliphatic heterocycles. The van der Waals surface area contributed by atoms with Crippen LogP contribution in [-0.2, 0) is 9.84 Å². The number of pyridine rings is 1. The summed E-state index contributed by atoms with van der Waals surface area (Å²) >= 11 is 0. The van der Waals surface area contributed by atoms with Crippen LogP contribution in [0.4, 0.5) is 11.4 Å². The van der Waals surface area contributed by atoms with Crippen LogP contribution in [0, 0.1) is 10.1 Å². The fourth-order valence-corrected chi connectivity index (χ4v) is 2.82. The number of nitrogens with zero attached hydrogens (tertiary/aromatic N) is 2. The van der Waals surface area contributed by atoms with Gasteiger partial charge in [0.15, 0.2) is 9.84 Å². The van der Waals surface area contributed by atoms with Crippen LogP contribution in [0.3, 0.4) is 0 Å². The van der Waals surface area contributed by atoms with E-state index >= 15 is 0 Å². The molecule has 7 nitrogen and oxygen atoms in total. The first-order valence-corrected chi connectivity index (χ1v) is 6.35. The molecule has 1 N–H and O–H groups in total. The predicted molar refractivity (Wildman–Crippen MR) is 57.0 cm³/mol. The molecule has 0 unspecified atom stereocenters. The molecule has 1 aromatic rings. The standard InChI is InChI=1S/C8H9N3O4S/c12-11(13)8-3-9-2-1-7(8)10-6-4-16(14,15)5-6/h1-3,6H,4-5H2,(H,9,10). The molecule has 2 rings (SSSR count). The van der Waals surface area contributed by atoms with Crippen molar-refractivity contribution in [2.24, 2.45) is 0 Å². The largest absolute Gasteiger partial charge is 0.375 e. The number of hydrogen-bond donors (Lipinski definition) is 1. The van der Waals surface area contributed by atoms with E-state index in [2.05, 4.69) is 10.3 Å². The quantitative estimate of drug-likeness (QED) is 0.601. The maximum atomic E-state index is 10.9. The average molecular weight is 243 g/mol. The van der Waals surface area contributed by atoms with Crippen molar-refractivity contribution in [3.05, 3.63) is 28.6 Å². The lowest BCUT2D eigenvalue weighted by molar-refractivity contribution is -0.384. The van der Waals surface area contributed by atoms with Crippen LogP contribution in [0.5, 0.6) is 0 Å². The second kappa shape index (κ2) is 3.71. The summed E-state index contributed by atoms with van der Waals surface area (Å²) in [5, 5.41) is 13.5. The minimum absolute atomic E-state index is 0.0203. The van der Waals surface area contributed by atoms with Crippen molar-refractivity contribution in [3.63, 3.8) is 0 Å². The third kappa shape index (κ3) is 2.11. The molecule has 0 aliphatic carbocycles. The summed E-state index contributed by atoms with van der Waals surface area (Å²) in [6.07, 6.45) is 2.55. The van der Waals surface area contributed by atoms with Crippen LogP contribution < -0.4 is 5.32 Å². The number of rotatable bonds is 3. The van der Waals surface area contributed by atoms with Gasteiger partial charge in [0.05, 0.1) is 22.5 Å². The topological polar surface area (TPSA) is 102 Å². The minimum Gasteiger partial charge on any atom is -0.375 e. The van der Waals surface area contributed by atoms with Crippen LogP contribution in [0.15, 0.2) is 18.5 Å². The van der Waals surface area contributed by atoms with E-state index in [1.807, 2.05) is 0 Å². The van der Waals surface area contributed by atoms with E-state index in [0.717, 1.165) is 6.20 Å². The van der Waals surface area contributed by atoms with Gasteiger partial charge >= 0.3 is 5.69 Å². The molecule has 16 heavy (non-hydrogen) atoms. The maximum Gasteiger partial charge on any atom is 0.310 e. The lowest BCUT2D eigenvalue weighted by Gasteiger charge is -2.27. The van der Waals surface area contributed by atoms with Gasteiger partial charge in [-0.15, -0.1) is 0 Å². The zero-order valence-corrected chi connectivity index (χ0v) is 8.98. The summed E-state index contributed by atoms with van der Waals surface area (Å²) < 4.78 is 21.8. The molecule has 1 saturated heterocycles. The van der Waals surface area contributed by atoms with Gasteiger partial charge < -0.3 is 5.32 Å². The molecule has 0 bridgehead atoms. The van der Waals surface area contributed by atoms with Crippen molar-refractivity contribution in [1.82, 2.24) is 4.98 Å². The summed E-state index contributed by atoms with van der Waals surface area (Å²) in [5.74, 6) is 0.0406. The highest BCUT2D eigenvalue weighted by Gasteiger charge is 2.34. The van der Waals surface area contributed by atoms with E-state index in [1.165, 1.54) is 12.3 Å². The van der Waals surface area contributed by atoms with Gasteiger partial charge in [-0.25, -0.2) is 8.42 Å². The second-order valence-electron chi connectivity index (χ2n) is 3.57. The number of sulfone groups is 1. The van der Waals surface area contributed by atoms with E-state index in [9.17, 15) is 18.5 Å². The first kappa shape index (κ1) is 10.8. The number of anilines is 1. The smallest absolute Gasteiger partial charge is 0.310 e. The highest BCUT2D eigenvalue weighted by atomic mass is 32.2. The highest BCUT2D eigenvalue weighted by Crippen LogP contribution is 2.25. The summed E-state index contributed by atoms with van der Waals surface area (Å²) in [6, 6.07) is 1.22. The third-order valence-electron chi connectivity index (χ3n) is 2.27. The zero-order chi connectivity index (χ0) is 11.8. The van der Waals surface area contributed by atoms with Crippen molar-refractivity contribution in [3.8, 4) is 0 Å². The second-order valence-corrected chi connectivity index (χ2v) is 5.72. The Balaban J connectivity index is 2.13. The molecule has 0 atom stereocenters. The van der Waals surface area contributed by atoms with Crippen LogP contribution in [0.2, 0.25) is 0 Å². The Bertz CT molecular complexity index is 516. The Labute approximate surface area is 91.6 Å². The van der Waals surface area contributed by atoms with E-state index in [0.29, 0.717) is 5.69 Å². The molecule has 0 radical (unpaired) electrons. The lowest BCUT2D eigenvalue weighted by Crippen LogP contribution is -2.46. The first-order chi connectivity index (χ1) is 7.48. The average Bonchev–Trinajstić information content (AvgIpc) is 2.15. The minimum atomic E-state index is -2.93. The highest BCUT2D eigenvalue weighted by molar-refractivity contribution is 7.92. The van der Waals surface area contributed by atoms with Crippen LogP contribution >= 0.6 is 0 Å². The van der Waals surface area contributed by atoms with Crippen molar-refractivity contribution in [2.75, 3.05) is 16.8 Å². The zero-order valence-electron chi connectivity index (χ0n) is 8.16. The van der Waals surface area contributed by atoms with Crippen molar-refractivity contribution < 1.29 is 13.3 Å². The molecule has 86 valence electrons. The fourth-order valence-electron chi connectivity index (χ4n) is 1.52. The van der Waals surface area contributed by atoms with Gasteiger partial charge in [-0.1, -0.05) is 0 Å². The number of hydrogen-bond acceptors (Lipinski definition) is 6. The van der Waals surface area contributed by atoms with Crippen LogP contribution in [0.25, 0.3) is 0 Å². The van der Waals surface area contributed by atoms with Gasteiger partial charge in [0.2, 0.25) is 0 Å². The molecule has 1 aliphatic rings. The van der Waals surface area contributed by atoms with E-state index < -0.39 is 14.8 Å². The first-order valence-electron chi connectivity index (χ1n) is 4.53. The Hall–Kier alpha value is -1.70. The summed E-state index contributed by atoms with van der Waals surface area (Å²) in [5.41, 5.74) is 0.159. The summed E-state index contributed by atoms with van der Waals surface area (Å²) in [7, 11) is -2.93. The monoisotopic (exact) mass is 243 g/mol. The summed E-state index contributed by atoms with van der Waals surface area (Å²) in [6.45, 7) is 0. The van der Waals surface area contributed by atoms with E-state index in [-0.39, 0.29) is 23.2 Å². The Morgan fingerprint density at radius 2 is 2.19 bits per heavy atom. The Kier molecular flexibility index (Phi) is 2.50. The maximum absolute atomic E-state index is 10.9. The molecule has 0 spiro atoms. The van der Waals surface area contributed by atoms with Crippen LogP contribution in [-0.4, -0.2) is 35.9 Å². The van der Waals surface area contributed by atoms with Gasteiger partial charge in [0.25, 0.3) is 0 Å². The van der Waals surface area contributed by atoms with Crippen LogP contribution in [0.1, 0.15) is 0 Å². The molecule has 2 heterocycles. The molecule has 0 amide bonds. The van der Waals surface area contributed by atoms with Crippen molar-refractivity contribution in [1.29, 1.82) is 0 Å². The number of nitro groups is 1.